The first kappa shape index (κ1) is 22.2. The van der Waals surface area contributed by atoms with Crippen LogP contribution in [0.1, 0.15) is 12.5 Å². The maximum absolute atomic E-state index is 13.6. The Balaban J connectivity index is 1.51. The van der Waals surface area contributed by atoms with Gasteiger partial charge in [0, 0.05) is 18.9 Å². The molecule has 0 unspecified atom stereocenters. The van der Waals surface area contributed by atoms with Crippen molar-refractivity contribution in [2.45, 2.75) is 18.4 Å². The van der Waals surface area contributed by atoms with Gasteiger partial charge in [-0.1, -0.05) is 54.2 Å². The molecule has 9 heteroatoms. The fourth-order valence-corrected chi connectivity index (χ4v) is 5.98. The molecule has 1 N–H and O–H groups in total. The highest BCUT2D eigenvalue weighted by molar-refractivity contribution is 8.19. The molecule has 2 aliphatic heterocycles. The van der Waals surface area contributed by atoms with E-state index in [4.69, 9.17) is 4.99 Å². The Hall–Kier alpha value is -3.56. The Morgan fingerprint density at radius 1 is 1.03 bits per heavy atom. The van der Waals surface area contributed by atoms with E-state index in [-0.39, 0.29) is 11.8 Å². The zero-order valence-electron chi connectivity index (χ0n) is 18.6. The molecule has 2 amide bonds. The number of aromatic nitrogens is 1. The van der Waals surface area contributed by atoms with Gasteiger partial charge in [-0.3, -0.25) is 14.5 Å². The summed E-state index contributed by atoms with van der Waals surface area (Å²) in [6.07, 6.45) is 1.58. The van der Waals surface area contributed by atoms with Crippen LogP contribution < -0.4 is 10.2 Å². The van der Waals surface area contributed by atoms with Gasteiger partial charge < -0.3 is 10.2 Å². The minimum atomic E-state index is -0.187. The number of thioether (sulfide) groups is 2. The van der Waals surface area contributed by atoms with Crippen LogP contribution in [0.2, 0.25) is 0 Å². The summed E-state index contributed by atoms with van der Waals surface area (Å²) in [4.78, 5) is 39.4. The SMILES string of the molecule is CC(=O)Nc1ccc(N=C2S/C(=C3\Sc4ccccc4N3C)C(=O)N2Cc2ccccc2)cn1. The summed E-state index contributed by atoms with van der Waals surface area (Å²) in [5, 5.41) is 4.14. The predicted molar refractivity (Wildman–Crippen MR) is 138 cm³/mol. The quantitative estimate of drug-likeness (QED) is 0.509. The van der Waals surface area contributed by atoms with Gasteiger partial charge in [-0.2, -0.15) is 0 Å². The summed E-state index contributed by atoms with van der Waals surface area (Å²) in [6.45, 7) is 1.85. The second-order valence-electron chi connectivity index (χ2n) is 7.72. The summed E-state index contributed by atoms with van der Waals surface area (Å²) in [5.74, 6) is 0.197. The molecule has 0 radical (unpaired) electrons. The molecule has 5 rings (SSSR count). The number of nitrogens with one attached hydrogen (secondary N) is 1. The Labute approximate surface area is 206 Å². The van der Waals surface area contributed by atoms with Gasteiger partial charge in [-0.25, -0.2) is 9.98 Å². The number of hydrogen-bond acceptors (Lipinski definition) is 7. The van der Waals surface area contributed by atoms with Crippen molar-refractivity contribution in [2.75, 3.05) is 17.3 Å². The van der Waals surface area contributed by atoms with Gasteiger partial charge in [-0.15, -0.1) is 0 Å². The molecule has 0 aliphatic carbocycles. The molecule has 0 saturated carbocycles. The number of nitrogens with zero attached hydrogens (tertiary/aromatic N) is 4. The zero-order valence-corrected chi connectivity index (χ0v) is 20.2. The number of benzene rings is 2. The Morgan fingerprint density at radius 2 is 1.79 bits per heavy atom. The van der Waals surface area contributed by atoms with Gasteiger partial charge in [0.1, 0.15) is 10.7 Å². The molecule has 1 saturated heterocycles. The first-order valence-electron chi connectivity index (χ1n) is 10.6. The molecule has 34 heavy (non-hydrogen) atoms. The Morgan fingerprint density at radius 3 is 2.50 bits per heavy atom. The van der Waals surface area contributed by atoms with E-state index in [9.17, 15) is 9.59 Å². The lowest BCUT2D eigenvalue weighted by atomic mass is 10.2. The smallest absolute Gasteiger partial charge is 0.269 e. The van der Waals surface area contributed by atoms with Gasteiger partial charge >= 0.3 is 0 Å². The van der Waals surface area contributed by atoms with Crippen LogP contribution in [0, 0.1) is 0 Å². The monoisotopic (exact) mass is 487 g/mol. The molecule has 3 aromatic rings. The maximum atomic E-state index is 13.6. The normalized spacial score (nSPS) is 18.5. The molecule has 170 valence electrons. The lowest BCUT2D eigenvalue weighted by Crippen LogP contribution is -2.29. The van der Waals surface area contributed by atoms with E-state index in [0.717, 1.165) is 21.2 Å². The fraction of sp³-hybridized carbons (Fsp3) is 0.120. The van der Waals surface area contributed by atoms with E-state index in [1.807, 2.05) is 49.5 Å². The van der Waals surface area contributed by atoms with Crippen molar-refractivity contribution in [1.29, 1.82) is 0 Å². The fourth-order valence-electron chi connectivity index (χ4n) is 3.64. The number of amidine groups is 1. The number of amides is 2. The molecule has 2 aliphatic rings. The second-order valence-corrected chi connectivity index (χ2v) is 9.73. The van der Waals surface area contributed by atoms with E-state index in [1.165, 1.54) is 18.7 Å². The molecule has 1 fully saturated rings. The Kier molecular flexibility index (Phi) is 6.12. The summed E-state index contributed by atoms with van der Waals surface area (Å²) in [7, 11) is 1.98. The van der Waals surface area contributed by atoms with Gasteiger partial charge in [-0.05, 0) is 41.6 Å². The van der Waals surface area contributed by atoms with Gasteiger partial charge in [0.2, 0.25) is 5.91 Å². The topological polar surface area (TPSA) is 77.9 Å². The molecule has 2 aromatic carbocycles. The number of rotatable bonds is 4. The molecular formula is C25H21N5O2S2. The highest BCUT2D eigenvalue weighted by atomic mass is 32.2. The van der Waals surface area contributed by atoms with Crippen LogP contribution in [0.5, 0.6) is 0 Å². The molecule has 7 nitrogen and oxygen atoms in total. The van der Waals surface area contributed by atoms with Crippen molar-refractivity contribution in [3.05, 3.63) is 88.4 Å². The number of carbonyl (C=O) groups is 2. The van der Waals surface area contributed by atoms with Crippen LogP contribution in [0.15, 0.2) is 92.7 Å². The number of fused-ring (bicyclic) bond motifs is 1. The van der Waals surface area contributed by atoms with Crippen LogP contribution in [-0.2, 0) is 16.1 Å². The number of pyridine rings is 1. The van der Waals surface area contributed by atoms with Crippen molar-refractivity contribution < 1.29 is 9.59 Å². The van der Waals surface area contributed by atoms with E-state index in [0.29, 0.717) is 28.1 Å². The summed E-state index contributed by atoms with van der Waals surface area (Å²) in [6, 6.07) is 21.5. The molecule has 0 atom stereocenters. The first-order chi connectivity index (χ1) is 16.5. The highest BCUT2D eigenvalue weighted by Crippen LogP contribution is 2.50. The van der Waals surface area contributed by atoms with Crippen LogP contribution >= 0.6 is 23.5 Å². The maximum Gasteiger partial charge on any atom is 0.269 e. The van der Waals surface area contributed by atoms with Crippen molar-refractivity contribution in [3.63, 3.8) is 0 Å². The molecule has 3 heterocycles. The third kappa shape index (κ3) is 4.44. The van der Waals surface area contributed by atoms with Gasteiger partial charge in [0.05, 0.1) is 29.1 Å². The summed E-state index contributed by atoms with van der Waals surface area (Å²) < 4.78 is 0. The molecule has 0 spiro atoms. The van der Waals surface area contributed by atoms with Crippen LogP contribution in [-0.4, -0.2) is 33.9 Å². The average Bonchev–Trinajstić information content (AvgIpc) is 3.32. The first-order valence-corrected chi connectivity index (χ1v) is 12.2. The minimum absolute atomic E-state index is 0.0717. The van der Waals surface area contributed by atoms with Crippen LogP contribution in [0.3, 0.4) is 0 Å². The predicted octanol–water partition coefficient (Wildman–Crippen LogP) is 5.21. The molecule has 1 aromatic heterocycles. The Bertz CT molecular complexity index is 1320. The van der Waals surface area contributed by atoms with E-state index in [1.54, 1.807) is 35.0 Å². The zero-order chi connectivity index (χ0) is 23.7. The van der Waals surface area contributed by atoms with E-state index in [2.05, 4.69) is 27.3 Å². The second kappa shape index (κ2) is 9.36. The van der Waals surface area contributed by atoms with E-state index < -0.39 is 0 Å². The third-order valence-electron chi connectivity index (χ3n) is 5.26. The average molecular weight is 488 g/mol. The number of carbonyl (C=O) groups excluding carboxylic acids is 2. The lowest BCUT2D eigenvalue weighted by molar-refractivity contribution is -0.122. The van der Waals surface area contributed by atoms with Gasteiger partial charge in [0.25, 0.3) is 5.91 Å². The third-order valence-corrected chi connectivity index (χ3v) is 7.69. The van der Waals surface area contributed by atoms with Crippen LogP contribution in [0.4, 0.5) is 17.2 Å². The van der Waals surface area contributed by atoms with E-state index >= 15 is 0 Å². The van der Waals surface area contributed by atoms with Crippen LogP contribution in [0.25, 0.3) is 0 Å². The van der Waals surface area contributed by atoms with Crippen molar-refractivity contribution in [2.24, 2.45) is 4.99 Å². The number of anilines is 2. The summed E-state index contributed by atoms with van der Waals surface area (Å²) >= 11 is 2.97. The highest BCUT2D eigenvalue weighted by Gasteiger charge is 2.39. The molecular weight excluding hydrogens is 466 g/mol. The van der Waals surface area contributed by atoms with Crippen molar-refractivity contribution in [1.82, 2.24) is 9.88 Å². The standard InChI is InChI=1S/C25H21N5O2S2/c1-16(31)27-21-13-12-18(14-26-21)28-25-30(15-17-8-4-3-5-9-17)23(32)22(34-25)24-29(2)19-10-6-7-11-20(19)33-24/h3-14H,15H2,1-2H3,(H,26,27,31)/b24-22-,28-25?. The number of hydrogen-bond donors (Lipinski definition) is 1. The van der Waals surface area contributed by atoms with Gasteiger partial charge in [0.15, 0.2) is 5.17 Å². The number of aliphatic imine (C=N–C) groups is 1. The minimum Gasteiger partial charge on any atom is -0.337 e. The lowest BCUT2D eigenvalue weighted by Gasteiger charge is -2.16. The van der Waals surface area contributed by atoms with Crippen molar-refractivity contribution >= 4 is 57.7 Å². The summed E-state index contributed by atoms with van der Waals surface area (Å²) in [5.41, 5.74) is 2.70. The largest absolute Gasteiger partial charge is 0.337 e. The number of para-hydroxylation sites is 1. The molecule has 0 bridgehead atoms. The van der Waals surface area contributed by atoms with Crippen molar-refractivity contribution in [3.8, 4) is 0 Å².